The van der Waals surface area contributed by atoms with Crippen LogP contribution < -0.4 is 5.32 Å². The van der Waals surface area contributed by atoms with Crippen LogP contribution in [0.25, 0.3) is 0 Å². The van der Waals surface area contributed by atoms with Crippen LogP contribution in [0.15, 0.2) is 18.2 Å². The Hall–Kier alpha value is -1.06. The first-order valence-electron chi connectivity index (χ1n) is 5.10. The van der Waals surface area contributed by atoms with Crippen molar-refractivity contribution in [1.29, 1.82) is 0 Å². The maximum absolute atomic E-state index is 11.4. The fourth-order valence-electron chi connectivity index (χ4n) is 1.26. The van der Waals surface area contributed by atoms with Crippen molar-refractivity contribution in [3.05, 3.63) is 34.3 Å². The number of benzene rings is 1. The number of nitrogens with one attached hydrogen (secondary N) is 1. The molecule has 4 heteroatoms. The van der Waals surface area contributed by atoms with E-state index in [4.69, 9.17) is 16.3 Å². The third kappa shape index (κ3) is 3.51. The maximum atomic E-state index is 11.4. The van der Waals surface area contributed by atoms with Gasteiger partial charge in [-0.3, -0.25) is 4.79 Å². The van der Waals surface area contributed by atoms with E-state index in [2.05, 4.69) is 5.32 Å². The van der Waals surface area contributed by atoms with Gasteiger partial charge in [-0.1, -0.05) is 23.7 Å². The summed E-state index contributed by atoms with van der Waals surface area (Å²) in [6.45, 7) is 4.14. The normalized spacial score (nSPS) is 12.2. The van der Waals surface area contributed by atoms with Gasteiger partial charge in [0.15, 0.2) is 0 Å². The molecular weight excluding hydrogens is 226 g/mol. The van der Waals surface area contributed by atoms with Gasteiger partial charge in [0.1, 0.15) is 6.10 Å². The molecule has 88 valence electrons. The van der Waals surface area contributed by atoms with Crippen LogP contribution in [0.1, 0.15) is 18.1 Å². The van der Waals surface area contributed by atoms with E-state index >= 15 is 0 Å². The lowest BCUT2D eigenvalue weighted by Crippen LogP contribution is -2.33. The van der Waals surface area contributed by atoms with Crippen molar-refractivity contribution in [3.8, 4) is 0 Å². The lowest BCUT2D eigenvalue weighted by Gasteiger charge is -2.10. The lowest BCUT2D eigenvalue weighted by molar-refractivity contribution is -0.130. The lowest BCUT2D eigenvalue weighted by atomic mass is 10.1. The highest BCUT2D eigenvalue weighted by atomic mass is 35.5. The molecule has 1 N–H and O–H groups in total. The number of methoxy groups -OCH3 is 1. The second kappa shape index (κ2) is 5.87. The van der Waals surface area contributed by atoms with Crippen molar-refractivity contribution in [2.24, 2.45) is 0 Å². The van der Waals surface area contributed by atoms with Crippen LogP contribution in [0.4, 0.5) is 0 Å². The molecule has 0 saturated heterocycles. The number of carbonyl (C=O) groups is 1. The second-order valence-electron chi connectivity index (χ2n) is 3.68. The molecule has 1 aromatic carbocycles. The average Bonchev–Trinajstić information content (AvgIpc) is 2.29. The van der Waals surface area contributed by atoms with Gasteiger partial charge in [0.2, 0.25) is 5.91 Å². The van der Waals surface area contributed by atoms with E-state index in [0.717, 1.165) is 16.1 Å². The number of hydrogen-bond acceptors (Lipinski definition) is 2. The quantitative estimate of drug-likeness (QED) is 0.879. The van der Waals surface area contributed by atoms with Crippen LogP contribution in [-0.2, 0) is 16.1 Å². The molecule has 0 spiro atoms. The van der Waals surface area contributed by atoms with Crippen molar-refractivity contribution < 1.29 is 9.53 Å². The van der Waals surface area contributed by atoms with E-state index in [9.17, 15) is 4.79 Å². The predicted molar refractivity (Wildman–Crippen MR) is 64.5 cm³/mol. The SMILES string of the molecule is CO[C@H](C)C(=O)NCc1ccc(Cl)c(C)c1. The van der Waals surface area contributed by atoms with Crippen LogP contribution in [0.5, 0.6) is 0 Å². The van der Waals surface area contributed by atoms with Gasteiger partial charge in [-0.15, -0.1) is 0 Å². The molecular formula is C12H16ClNO2. The van der Waals surface area contributed by atoms with Crippen LogP contribution in [0, 0.1) is 6.92 Å². The first kappa shape index (κ1) is 13.0. The Bertz CT molecular complexity index is 379. The number of carbonyl (C=O) groups excluding carboxylic acids is 1. The zero-order chi connectivity index (χ0) is 12.1. The smallest absolute Gasteiger partial charge is 0.249 e. The Morgan fingerprint density at radius 2 is 2.25 bits per heavy atom. The third-order valence-corrected chi connectivity index (χ3v) is 2.84. The van der Waals surface area contributed by atoms with Crippen LogP contribution in [0.2, 0.25) is 5.02 Å². The van der Waals surface area contributed by atoms with Crippen LogP contribution in [-0.4, -0.2) is 19.1 Å². The number of hydrogen-bond donors (Lipinski definition) is 1. The average molecular weight is 242 g/mol. The molecule has 0 aromatic heterocycles. The van der Waals surface area contributed by atoms with Crippen molar-refractivity contribution in [2.75, 3.05) is 7.11 Å². The molecule has 1 amide bonds. The number of amides is 1. The first-order chi connectivity index (χ1) is 7.54. The second-order valence-corrected chi connectivity index (χ2v) is 4.09. The zero-order valence-electron chi connectivity index (χ0n) is 9.71. The highest BCUT2D eigenvalue weighted by molar-refractivity contribution is 6.31. The molecule has 3 nitrogen and oxygen atoms in total. The van der Waals surface area contributed by atoms with Crippen molar-refractivity contribution >= 4 is 17.5 Å². The fourth-order valence-corrected chi connectivity index (χ4v) is 1.37. The highest BCUT2D eigenvalue weighted by Crippen LogP contribution is 2.16. The van der Waals surface area contributed by atoms with Gasteiger partial charge in [0.05, 0.1) is 0 Å². The Kier molecular flexibility index (Phi) is 4.77. The molecule has 1 rings (SSSR count). The Balaban J connectivity index is 2.55. The molecule has 0 heterocycles. The molecule has 0 unspecified atom stereocenters. The Labute approximate surface area is 101 Å². The summed E-state index contributed by atoms with van der Waals surface area (Å²) in [5, 5.41) is 3.53. The summed E-state index contributed by atoms with van der Waals surface area (Å²) in [6, 6.07) is 5.69. The van der Waals surface area contributed by atoms with Gasteiger partial charge < -0.3 is 10.1 Å². The van der Waals surface area contributed by atoms with Gasteiger partial charge in [0.25, 0.3) is 0 Å². The predicted octanol–water partition coefficient (Wildman–Crippen LogP) is 2.30. The molecule has 0 saturated carbocycles. The van der Waals surface area contributed by atoms with E-state index in [-0.39, 0.29) is 5.91 Å². The van der Waals surface area contributed by atoms with Crippen LogP contribution >= 0.6 is 11.6 Å². The van der Waals surface area contributed by atoms with Crippen molar-refractivity contribution in [3.63, 3.8) is 0 Å². The molecule has 0 aliphatic carbocycles. The van der Waals surface area contributed by atoms with Gasteiger partial charge in [0, 0.05) is 18.7 Å². The van der Waals surface area contributed by atoms with E-state index < -0.39 is 6.10 Å². The number of ether oxygens (including phenoxy) is 1. The summed E-state index contributed by atoms with van der Waals surface area (Å²) in [5.74, 6) is -0.116. The van der Waals surface area contributed by atoms with Gasteiger partial charge >= 0.3 is 0 Å². The van der Waals surface area contributed by atoms with Gasteiger partial charge in [-0.2, -0.15) is 0 Å². The summed E-state index contributed by atoms with van der Waals surface area (Å²) < 4.78 is 4.91. The minimum Gasteiger partial charge on any atom is -0.372 e. The van der Waals surface area contributed by atoms with Gasteiger partial charge in [-0.05, 0) is 31.0 Å². The van der Waals surface area contributed by atoms with Crippen molar-refractivity contribution in [2.45, 2.75) is 26.5 Å². The topological polar surface area (TPSA) is 38.3 Å². The van der Waals surface area contributed by atoms with E-state index in [1.807, 2.05) is 25.1 Å². The number of halogens is 1. The molecule has 0 aliphatic heterocycles. The minimum atomic E-state index is -0.423. The van der Waals surface area contributed by atoms with Gasteiger partial charge in [-0.25, -0.2) is 0 Å². The Morgan fingerprint density at radius 1 is 1.56 bits per heavy atom. The molecule has 1 atom stereocenters. The fraction of sp³-hybridized carbons (Fsp3) is 0.417. The molecule has 1 aromatic rings. The Morgan fingerprint density at radius 3 is 2.81 bits per heavy atom. The number of rotatable bonds is 4. The summed E-state index contributed by atoms with van der Waals surface area (Å²) in [7, 11) is 1.51. The highest BCUT2D eigenvalue weighted by Gasteiger charge is 2.10. The van der Waals surface area contributed by atoms with E-state index in [1.54, 1.807) is 6.92 Å². The first-order valence-corrected chi connectivity index (χ1v) is 5.48. The van der Waals surface area contributed by atoms with E-state index in [1.165, 1.54) is 7.11 Å². The summed E-state index contributed by atoms with van der Waals surface area (Å²) >= 11 is 5.91. The molecule has 16 heavy (non-hydrogen) atoms. The van der Waals surface area contributed by atoms with Crippen LogP contribution in [0.3, 0.4) is 0 Å². The monoisotopic (exact) mass is 241 g/mol. The minimum absolute atomic E-state index is 0.116. The maximum Gasteiger partial charge on any atom is 0.249 e. The standard InChI is InChI=1S/C12H16ClNO2/c1-8-6-10(4-5-11(8)13)7-14-12(15)9(2)16-3/h4-6,9H,7H2,1-3H3,(H,14,15)/t9-/m1/s1. The third-order valence-electron chi connectivity index (χ3n) is 2.41. The summed E-state index contributed by atoms with van der Waals surface area (Å²) in [6.07, 6.45) is -0.423. The molecule has 0 fully saturated rings. The molecule has 0 radical (unpaired) electrons. The summed E-state index contributed by atoms with van der Waals surface area (Å²) in [5.41, 5.74) is 2.03. The van der Waals surface area contributed by atoms with Crippen molar-refractivity contribution in [1.82, 2.24) is 5.32 Å². The number of aryl methyl sites for hydroxylation is 1. The zero-order valence-corrected chi connectivity index (χ0v) is 10.5. The molecule has 0 bridgehead atoms. The van der Waals surface area contributed by atoms with E-state index in [0.29, 0.717) is 6.54 Å². The summed E-state index contributed by atoms with van der Waals surface area (Å²) in [4.78, 5) is 11.4. The molecule has 0 aliphatic rings. The largest absolute Gasteiger partial charge is 0.372 e.